The highest BCUT2D eigenvalue weighted by molar-refractivity contribution is 5.73. The van der Waals surface area contributed by atoms with Gasteiger partial charge < -0.3 is 20.1 Å². The second-order valence-electron chi connectivity index (χ2n) is 3.94. The lowest BCUT2D eigenvalue weighted by atomic mass is 10.1. The van der Waals surface area contributed by atoms with Crippen LogP contribution in [0.15, 0.2) is 0 Å². The molecular formula is C11H22O5. The fraction of sp³-hybridized carbons (Fsp3) is 0.909. The maximum absolute atomic E-state index is 10.9. The van der Waals surface area contributed by atoms with Crippen LogP contribution in [0.2, 0.25) is 0 Å². The fourth-order valence-corrected chi connectivity index (χ4v) is 1.21. The monoisotopic (exact) mass is 234 g/mol. The van der Waals surface area contributed by atoms with Crippen molar-refractivity contribution >= 4 is 5.97 Å². The number of unbranched alkanes of at least 4 members (excludes halogenated alkanes) is 1. The van der Waals surface area contributed by atoms with Crippen LogP contribution in [0.5, 0.6) is 0 Å². The van der Waals surface area contributed by atoms with E-state index in [4.69, 9.17) is 5.11 Å². The summed E-state index contributed by atoms with van der Waals surface area (Å²) in [6, 6.07) is 0. The first-order valence-electron chi connectivity index (χ1n) is 5.72. The molecular weight excluding hydrogens is 212 g/mol. The van der Waals surface area contributed by atoms with Crippen molar-refractivity contribution in [2.24, 2.45) is 0 Å². The molecule has 0 radical (unpaired) electrons. The highest BCUT2D eigenvalue weighted by atomic mass is 16.6. The van der Waals surface area contributed by atoms with E-state index in [1.54, 1.807) is 0 Å². The summed E-state index contributed by atoms with van der Waals surface area (Å²) in [4.78, 5) is 10.9. The molecule has 0 heterocycles. The Labute approximate surface area is 96.0 Å². The van der Waals surface area contributed by atoms with Gasteiger partial charge in [-0.2, -0.15) is 0 Å². The molecule has 3 unspecified atom stereocenters. The topological polar surface area (TPSA) is 87.0 Å². The van der Waals surface area contributed by atoms with Crippen molar-refractivity contribution in [1.29, 1.82) is 0 Å². The van der Waals surface area contributed by atoms with E-state index in [9.17, 15) is 15.0 Å². The molecule has 0 bridgehead atoms. The Morgan fingerprint density at radius 2 is 1.81 bits per heavy atom. The zero-order valence-corrected chi connectivity index (χ0v) is 9.93. The number of aliphatic hydroxyl groups is 3. The molecule has 0 saturated carbocycles. The van der Waals surface area contributed by atoms with Crippen LogP contribution in [0, 0.1) is 0 Å². The molecule has 5 heteroatoms. The highest BCUT2D eigenvalue weighted by Gasteiger charge is 2.16. The second kappa shape index (κ2) is 8.50. The molecule has 5 nitrogen and oxygen atoms in total. The van der Waals surface area contributed by atoms with Gasteiger partial charge in [-0.3, -0.25) is 0 Å². The number of hydrogen-bond donors (Lipinski definition) is 3. The normalized spacial score (nSPS) is 16.6. The van der Waals surface area contributed by atoms with Crippen LogP contribution in [-0.2, 0) is 9.53 Å². The molecule has 0 fully saturated rings. The van der Waals surface area contributed by atoms with E-state index in [0.717, 1.165) is 12.8 Å². The molecule has 96 valence electrons. The minimum atomic E-state index is -1.25. The van der Waals surface area contributed by atoms with Gasteiger partial charge in [0, 0.05) is 6.42 Å². The highest BCUT2D eigenvalue weighted by Crippen LogP contribution is 2.09. The SMILES string of the molecule is CCCCC(O)CCC(O)OC(=O)C(C)O. The predicted molar refractivity (Wildman–Crippen MR) is 58.5 cm³/mol. The lowest BCUT2D eigenvalue weighted by molar-refractivity contribution is -0.178. The molecule has 0 spiro atoms. The molecule has 0 amide bonds. The van der Waals surface area contributed by atoms with E-state index in [1.807, 2.05) is 6.92 Å². The van der Waals surface area contributed by atoms with Gasteiger partial charge in [0.15, 0.2) is 0 Å². The van der Waals surface area contributed by atoms with Gasteiger partial charge in [-0.05, 0) is 19.8 Å². The van der Waals surface area contributed by atoms with Crippen molar-refractivity contribution in [2.45, 2.75) is 64.4 Å². The molecule has 0 rings (SSSR count). The molecule has 3 N–H and O–H groups in total. The van der Waals surface area contributed by atoms with Gasteiger partial charge in [-0.15, -0.1) is 0 Å². The molecule has 16 heavy (non-hydrogen) atoms. The van der Waals surface area contributed by atoms with E-state index in [0.29, 0.717) is 12.8 Å². The Bertz CT molecular complexity index is 193. The summed E-state index contributed by atoms with van der Waals surface area (Å²) in [6.45, 7) is 3.30. The lowest BCUT2D eigenvalue weighted by Gasteiger charge is -2.15. The molecule has 0 aliphatic carbocycles. The second-order valence-corrected chi connectivity index (χ2v) is 3.94. The summed E-state index contributed by atoms with van der Waals surface area (Å²) in [6.07, 6.45) is 0.241. The molecule has 0 aliphatic heterocycles. The van der Waals surface area contributed by atoms with E-state index < -0.39 is 24.5 Å². The zero-order valence-electron chi connectivity index (χ0n) is 9.93. The summed E-state index contributed by atoms with van der Waals surface area (Å²) in [5, 5.41) is 27.6. The number of esters is 1. The number of carbonyl (C=O) groups is 1. The average molecular weight is 234 g/mol. The number of ether oxygens (including phenoxy) is 1. The van der Waals surface area contributed by atoms with Gasteiger partial charge in [0.1, 0.15) is 6.10 Å². The Kier molecular flexibility index (Phi) is 8.15. The third-order valence-electron chi connectivity index (χ3n) is 2.23. The van der Waals surface area contributed by atoms with Gasteiger partial charge in [0.05, 0.1) is 6.10 Å². The van der Waals surface area contributed by atoms with E-state index in [2.05, 4.69) is 4.74 Å². The van der Waals surface area contributed by atoms with Crippen molar-refractivity contribution in [3.63, 3.8) is 0 Å². The first-order chi connectivity index (χ1) is 7.47. The van der Waals surface area contributed by atoms with Crippen molar-refractivity contribution in [3.05, 3.63) is 0 Å². The van der Waals surface area contributed by atoms with Gasteiger partial charge in [0.25, 0.3) is 0 Å². The molecule has 0 aromatic rings. The summed E-state index contributed by atoms with van der Waals surface area (Å²) in [5.41, 5.74) is 0. The Hall–Kier alpha value is -0.650. The van der Waals surface area contributed by atoms with Crippen LogP contribution >= 0.6 is 0 Å². The van der Waals surface area contributed by atoms with Crippen molar-refractivity contribution in [3.8, 4) is 0 Å². The van der Waals surface area contributed by atoms with Gasteiger partial charge in [-0.1, -0.05) is 19.8 Å². The first-order valence-corrected chi connectivity index (χ1v) is 5.72. The summed E-state index contributed by atoms with van der Waals surface area (Å²) in [7, 11) is 0. The molecule has 0 aromatic heterocycles. The minimum absolute atomic E-state index is 0.184. The fourth-order valence-electron chi connectivity index (χ4n) is 1.21. The average Bonchev–Trinajstić information content (AvgIpc) is 2.23. The predicted octanol–water partition coefficient (Wildman–Crippen LogP) is 0.560. The Balaban J connectivity index is 3.64. The Morgan fingerprint density at radius 3 is 2.31 bits per heavy atom. The molecule has 3 atom stereocenters. The van der Waals surface area contributed by atoms with Crippen LogP contribution in [0.4, 0.5) is 0 Å². The third-order valence-corrected chi connectivity index (χ3v) is 2.23. The minimum Gasteiger partial charge on any atom is -0.434 e. The van der Waals surface area contributed by atoms with Crippen LogP contribution in [-0.4, -0.2) is 39.8 Å². The van der Waals surface area contributed by atoms with Crippen molar-refractivity contribution in [2.75, 3.05) is 0 Å². The van der Waals surface area contributed by atoms with E-state index >= 15 is 0 Å². The number of rotatable bonds is 8. The molecule has 0 saturated heterocycles. The quantitative estimate of drug-likeness (QED) is 0.422. The van der Waals surface area contributed by atoms with Crippen LogP contribution in [0.3, 0.4) is 0 Å². The van der Waals surface area contributed by atoms with Crippen LogP contribution in [0.1, 0.15) is 46.0 Å². The smallest absolute Gasteiger partial charge is 0.336 e. The summed E-state index contributed by atoms with van der Waals surface area (Å²) < 4.78 is 4.52. The van der Waals surface area contributed by atoms with Crippen LogP contribution in [0.25, 0.3) is 0 Å². The van der Waals surface area contributed by atoms with Gasteiger partial charge >= 0.3 is 5.97 Å². The summed E-state index contributed by atoms with van der Waals surface area (Å²) >= 11 is 0. The van der Waals surface area contributed by atoms with Crippen molar-refractivity contribution in [1.82, 2.24) is 0 Å². The first kappa shape index (κ1) is 15.3. The summed E-state index contributed by atoms with van der Waals surface area (Å²) in [5.74, 6) is -0.851. The third kappa shape index (κ3) is 7.62. The van der Waals surface area contributed by atoms with E-state index in [-0.39, 0.29) is 6.42 Å². The van der Waals surface area contributed by atoms with E-state index in [1.165, 1.54) is 6.92 Å². The molecule has 0 aliphatic rings. The number of hydrogen-bond acceptors (Lipinski definition) is 5. The van der Waals surface area contributed by atoms with Crippen molar-refractivity contribution < 1.29 is 24.9 Å². The number of aliphatic hydroxyl groups excluding tert-OH is 3. The zero-order chi connectivity index (χ0) is 12.6. The largest absolute Gasteiger partial charge is 0.434 e. The maximum Gasteiger partial charge on any atom is 0.336 e. The molecule has 0 aromatic carbocycles. The van der Waals surface area contributed by atoms with Crippen LogP contribution < -0.4 is 0 Å². The standard InChI is InChI=1S/C11H22O5/c1-3-4-5-9(13)6-7-10(14)16-11(15)8(2)12/h8-10,12-14H,3-7H2,1-2H3. The number of carbonyl (C=O) groups excluding carboxylic acids is 1. The lowest BCUT2D eigenvalue weighted by Crippen LogP contribution is -2.26. The Morgan fingerprint density at radius 1 is 1.19 bits per heavy atom. The maximum atomic E-state index is 10.9. The van der Waals surface area contributed by atoms with Gasteiger partial charge in [0.2, 0.25) is 6.29 Å². The van der Waals surface area contributed by atoms with Gasteiger partial charge in [-0.25, -0.2) is 4.79 Å².